The Hall–Kier alpha value is -9.30. The van der Waals surface area contributed by atoms with Crippen molar-refractivity contribution in [2.75, 3.05) is 4.90 Å². The molecular weight excluding hydrogens is 879 g/mol. The van der Waals surface area contributed by atoms with E-state index in [0.717, 1.165) is 17.1 Å². The van der Waals surface area contributed by atoms with Crippen LogP contribution in [0.4, 0.5) is 17.1 Å². The van der Waals surface area contributed by atoms with E-state index >= 15 is 0 Å². The van der Waals surface area contributed by atoms with Crippen LogP contribution in [0.3, 0.4) is 0 Å². The van der Waals surface area contributed by atoms with Gasteiger partial charge >= 0.3 is 0 Å². The normalized spacial score (nSPS) is 15.0. The van der Waals surface area contributed by atoms with Gasteiger partial charge in [0.05, 0.1) is 10.8 Å². The highest BCUT2D eigenvalue weighted by atomic mass is 15.1. The van der Waals surface area contributed by atoms with Crippen molar-refractivity contribution >= 4 is 27.8 Å². The van der Waals surface area contributed by atoms with Gasteiger partial charge < -0.3 is 4.90 Å². The minimum Gasteiger partial charge on any atom is -0.310 e. The van der Waals surface area contributed by atoms with Gasteiger partial charge in [-0.1, -0.05) is 249 Å². The summed E-state index contributed by atoms with van der Waals surface area (Å²) in [5, 5.41) is 2.58. The summed E-state index contributed by atoms with van der Waals surface area (Å²) < 4.78 is 0. The summed E-state index contributed by atoms with van der Waals surface area (Å²) in [5.74, 6) is 0. The molecule has 3 aliphatic carbocycles. The van der Waals surface area contributed by atoms with Gasteiger partial charge in [-0.2, -0.15) is 0 Å². The number of benzene rings is 12. The van der Waals surface area contributed by atoms with E-state index in [0.29, 0.717) is 0 Å². The van der Waals surface area contributed by atoms with Crippen molar-refractivity contribution in [2.24, 2.45) is 0 Å². The van der Waals surface area contributed by atoms with E-state index in [-0.39, 0.29) is 0 Å². The van der Waals surface area contributed by atoms with Gasteiger partial charge in [-0.25, -0.2) is 0 Å². The molecule has 12 aromatic carbocycles. The average Bonchev–Trinajstić information content (AvgIpc) is 3.96. The smallest absolute Gasteiger partial charge is 0.0726 e. The second kappa shape index (κ2) is 16.1. The zero-order chi connectivity index (χ0) is 48.1. The molecule has 0 saturated carbocycles. The van der Waals surface area contributed by atoms with Crippen molar-refractivity contribution in [1.29, 1.82) is 0 Å². The Kier molecular flexibility index (Phi) is 9.16. The lowest BCUT2D eigenvalue weighted by molar-refractivity contribution is 0.768. The van der Waals surface area contributed by atoms with E-state index in [1.54, 1.807) is 0 Å². The van der Waals surface area contributed by atoms with Crippen molar-refractivity contribution < 1.29 is 0 Å². The third-order valence-electron chi connectivity index (χ3n) is 16.4. The first-order chi connectivity index (χ1) is 36.2. The van der Waals surface area contributed by atoms with E-state index in [9.17, 15) is 0 Å². The van der Waals surface area contributed by atoms with Crippen LogP contribution in [0.1, 0.15) is 44.5 Å². The highest BCUT2D eigenvalue weighted by molar-refractivity contribution is 6.08. The Balaban J connectivity index is 1.03. The van der Waals surface area contributed by atoms with Crippen LogP contribution >= 0.6 is 0 Å². The van der Waals surface area contributed by atoms with Gasteiger partial charge in [0.2, 0.25) is 0 Å². The maximum atomic E-state index is 2.54. The quantitative estimate of drug-likeness (QED) is 0.154. The lowest BCUT2D eigenvalue weighted by Crippen LogP contribution is -2.32. The first kappa shape index (κ1) is 41.5. The fourth-order valence-corrected chi connectivity index (χ4v) is 13.5. The average molecular weight is 926 g/mol. The van der Waals surface area contributed by atoms with Crippen LogP contribution in [0.2, 0.25) is 0 Å². The molecule has 1 nitrogen and oxygen atoms in total. The van der Waals surface area contributed by atoms with Crippen LogP contribution in [-0.4, -0.2) is 0 Å². The molecule has 0 aromatic heterocycles. The fraction of sp³-hybridized carbons (Fsp3) is 0.0278. The Labute approximate surface area is 426 Å². The SMILES string of the molecule is c1ccc(-c2ccc(N(c3ccc4c(c3)C(c3ccccc3)(c3ccccc3)c3ccccc3-4)c3ccc4c(c3)C3(c5ccccc5-c5cccc6cccc3c56)c3cccc(-c5ccccc5)c3-4)cc2)cc1. The lowest BCUT2D eigenvalue weighted by Gasteiger charge is -2.40. The maximum Gasteiger partial charge on any atom is 0.0726 e. The Morgan fingerprint density at radius 3 is 1.32 bits per heavy atom. The summed E-state index contributed by atoms with van der Waals surface area (Å²) in [6.07, 6.45) is 0. The van der Waals surface area contributed by atoms with Crippen LogP contribution < -0.4 is 4.90 Å². The van der Waals surface area contributed by atoms with Crippen LogP contribution in [0.5, 0.6) is 0 Å². The largest absolute Gasteiger partial charge is 0.310 e. The van der Waals surface area contributed by atoms with E-state index < -0.39 is 10.8 Å². The van der Waals surface area contributed by atoms with Crippen LogP contribution in [0.25, 0.3) is 66.4 Å². The summed E-state index contributed by atoms with van der Waals surface area (Å²) in [6, 6.07) is 107. The van der Waals surface area contributed by atoms with Crippen LogP contribution in [-0.2, 0) is 10.8 Å². The number of rotatable bonds is 7. The number of fused-ring (bicyclic) bond motifs is 12. The summed E-state index contributed by atoms with van der Waals surface area (Å²) in [7, 11) is 0. The molecule has 15 rings (SSSR count). The standard InChI is InChI=1S/C72H47N/c1-5-20-48(21-6-1)49-38-40-54(41-39-49)73(55-42-44-60-58-30-13-15-34-63(58)71(67(60)46-55,52-26-9-3-10-27-52)53-28-11-4-12-29-53)56-43-45-62-68(47-56)72(66-37-19-32-57(70(62)66)50-22-7-2-8-23-50)64-35-16-14-31-59(64)61-33-17-24-51-25-18-36-65(72)69(51)61/h1-47H. The number of nitrogens with zero attached hydrogens (tertiary/aromatic N) is 1. The monoisotopic (exact) mass is 925 g/mol. The molecule has 0 heterocycles. The predicted molar refractivity (Wildman–Crippen MR) is 303 cm³/mol. The summed E-state index contributed by atoms with van der Waals surface area (Å²) in [5.41, 5.74) is 25.0. The molecule has 1 unspecified atom stereocenters. The molecule has 0 radical (unpaired) electrons. The molecule has 0 aliphatic heterocycles. The number of anilines is 3. The Morgan fingerprint density at radius 1 is 0.233 bits per heavy atom. The molecule has 340 valence electrons. The van der Waals surface area contributed by atoms with Gasteiger partial charge in [-0.15, -0.1) is 0 Å². The van der Waals surface area contributed by atoms with E-state index in [1.165, 1.54) is 111 Å². The summed E-state index contributed by atoms with van der Waals surface area (Å²) >= 11 is 0. The zero-order valence-corrected chi connectivity index (χ0v) is 40.1. The maximum absolute atomic E-state index is 2.54. The van der Waals surface area contributed by atoms with E-state index in [2.05, 4.69) is 290 Å². The Bertz CT molecular complexity index is 4080. The van der Waals surface area contributed by atoms with Gasteiger partial charge in [0.25, 0.3) is 0 Å². The van der Waals surface area contributed by atoms with Gasteiger partial charge in [0.1, 0.15) is 0 Å². The molecule has 1 spiro atoms. The van der Waals surface area contributed by atoms with Gasteiger partial charge in [0.15, 0.2) is 0 Å². The molecule has 0 bridgehead atoms. The molecule has 0 N–H and O–H groups in total. The van der Waals surface area contributed by atoms with Crippen molar-refractivity contribution in [2.45, 2.75) is 10.8 Å². The van der Waals surface area contributed by atoms with Gasteiger partial charge in [-0.05, 0) is 147 Å². The molecule has 1 atom stereocenters. The second-order valence-electron chi connectivity index (χ2n) is 19.8. The van der Waals surface area contributed by atoms with Crippen molar-refractivity contribution in [3.63, 3.8) is 0 Å². The highest BCUT2D eigenvalue weighted by Gasteiger charge is 2.51. The van der Waals surface area contributed by atoms with E-state index in [1.807, 2.05) is 0 Å². The lowest BCUT2D eigenvalue weighted by atomic mass is 9.61. The number of hydrogen-bond donors (Lipinski definition) is 0. The molecule has 12 aromatic rings. The first-order valence-electron chi connectivity index (χ1n) is 25.5. The number of hydrogen-bond acceptors (Lipinski definition) is 1. The van der Waals surface area contributed by atoms with Crippen LogP contribution in [0, 0.1) is 0 Å². The fourth-order valence-electron chi connectivity index (χ4n) is 13.5. The summed E-state index contributed by atoms with van der Waals surface area (Å²) in [6.45, 7) is 0. The van der Waals surface area contributed by atoms with Gasteiger partial charge in [-0.3, -0.25) is 0 Å². The second-order valence-corrected chi connectivity index (χ2v) is 19.8. The summed E-state index contributed by atoms with van der Waals surface area (Å²) in [4.78, 5) is 2.51. The van der Waals surface area contributed by atoms with E-state index in [4.69, 9.17) is 0 Å². The van der Waals surface area contributed by atoms with Crippen molar-refractivity contribution in [3.05, 3.63) is 330 Å². The highest BCUT2D eigenvalue weighted by Crippen LogP contribution is 2.64. The van der Waals surface area contributed by atoms with Crippen LogP contribution in [0.15, 0.2) is 285 Å². The molecule has 0 saturated heterocycles. The topological polar surface area (TPSA) is 3.24 Å². The predicted octanol–water partition coefficient (Wildman–Crippen LogP) is 18.4. The minimum absolute atomic E-state index is 0.553. The zero-order valence-electron chi connectivity index (χ0n) is 40.1. The first-order valence-corrected chi connectivity index (χ1v) is 25.5. The molecule has 0 fully saturated rings. The molecule has 0 amide bonds. The molecule has 1 heteroatoms. The molecule has 73 heavy (non-hydrogen) atoms. The molecular formula is C72H47N. The van der Waals surface area contributed by atoms with Crippen molar-refractivity contribution in [1.82, 2.24) is 0 Å². The Morgan fingerprint density at radius 2 is 0.658 bits per heavy atom. The minimum atomic E-state index is -0.617. The van der Waals surface area contributed by atoms with Gasteiger partial charge in [0, 0.05) is 17.1 Å². The molecule has 3 aliphatic rings. The third kappa shape index (κ3) is 5.85. The van der Waals surface area contributed by atoms with Crippen molar-refractivity contribution in [3.8, 4) is 55.6 Å². The third-order valence-corrected chi connectivity index (χ3v) is 16.4.